The Morgan fingerprint density at radius 2 is 2.31 bits per heavy atom. The molecule has 1 unspecified atom stereocenters. The first-order valence-electron chi connectivity index (χ1n) is 5.47. The monoisotopic (exact) mass is 216 g/mol. The third-order valence-corrected chi connectivity index (χ3v) is 2.60. The molecule has 0 fully saturated rings. The molecular weight excluding hydrogens is 200 g/mol. The summed E-state index contributed by atoms with van der Waals surface area (Å²) in [5.41, 5.74) is 7.53. The summed E-state index contributed by atoms with van der Waals surface area (Å²) in [7, 11) is 0. The average Bonchev–Trinajstić information content (AvgIpc) is 2.80. The second-order valence-corrected chi connectivity index (χ2v) is 3.85. The van der Waals surface area contributed by atoms with Crippen LogP contribution in [0, 0.1) is 0 Å². The van der Waals surface area contributed by atoms with Gasteiger partial charge in [0.05, 0.1) is 11.7 Å². The van der Waals surface area contributed by atoms with Gasteiger partial charge in [-0.05, 0) is 38.1 Å². The third kappa shape index (κ3) is 2.28. The highest BCUT2D eigenvalue weighted by Gasteiger charge is 2.06. The first kappa shape index (κ1) is 10.8. The van der Waals surface area contributed by atoms with E-state index < -0.39 is 0 Å². The van der Waals surface area contributed by atoms with E-state index in [2.05, 4.69) is 17.0 Å². The Labute approximate surface area is 95.1 Å². The Balaban J connectivity index is 2.20. The molecule has 1 atom stereocenters. The molecule has 84 valence electrons. The van der Waals surface area contributed by atoms with Crippen molar-refractivity contribution < 1.29 is 0 Å². The SMILES string of the molecule is CC(CCN)n1ccc(-c2cccnc2)n1. The lowest BCUT2D eigenvalue weighted by molar-refractivity contribution is 0.466. The summed E-state index contributed by atoms with van der Waals surface area (Å²) in [6, 6.07) is 6.27. The van der Waals surface area contributed by atoms with Crippen molar-refractivity contribution in [2.45, 2.75) is 19.4 Å². The van der Waals surface area contributed by atoms with Crippen LogP contribution in [-0.4, -0.2) is 21.3 Å². The molecule has 0 amide bonds. The maximum absolute atomic E-state index is 5.53. The molecule has 0 aliphatic carbocycles. The van der Waals surface area contributed by atoms with Gasteiger partial charge in [0, 0.05) is 24.2 Å². The van der Waals surface area contributed by atoms with Gasteiger partial charge in [-0.2, -0.15) is 5.10 Å². The lowest BCUT2D eigenvalue weighted by Crippen LogP contribution is -2.11. The summed E-state index contributed by atoms with van der Waals surface area (Å²) >= 11 is 0. The van der Waals surface area contributed by atoms with E-state index in [0.29, 0.717) is 12.6 Å². The molecule has 0 aliphatic heterocycles. The topological polar surface area (TPSA) is 56.7 Å². The second kappa shape index (κ2) is 4.90. The van der Waals surface area contributed by atoms with Crippen molar-refractivity contribution in [3.05, 3.63) is 36.8 Å². The minimum Gasteiger partial charge on any atom is -0.330 e. The molecule has 2 N–H and O–H groups in total. The van der Waals surface area contributed by atoms with E-state index in [1.165, 1.54) is 0 Å². The predicted octanol–water partition coefficient (Wildman–Crippen LogP) is 1.85. The van der Waals surface area contributed by atoms with Crippen molar-refractivity contribution in [1.29, 1.82) is 0 Å². The number of hydrogen-bond acceptors (Lipinski definition) is 3. The van der Waals surface area contributed by atoms with Gasteiger partial charge >= 0.3 is 0 Å². The fraction of sp³-hybridized carbons (Fsp3) is 0.333. The lowest BCUT2D eigenvalue weighted by atomic mass is 10.2. The fourth-order valence-electron chi connectivity index (χ4n) is 1.63. The standard InChI is InChI=1S/C12H16N4/c1-10(4-6-13)16-8-5-12(15-16)11-3-2-7-14-9-11/h2-3,5,7-10H,4,6,13H2,1H3. The molecule has 16 heavy (non-hydrogen) atoms. The van der Waals surface area contributed by atoms with E-state index >= 15 is 0 Å². The van der Waals surface area contributed by atoms with Gasteiger partial charge in [0.25, 0.3) is 0 Å². The van der Waals surface area contributed by atoms with Crippen LogP contribution in [0.5, 0.6) is 0 Å². The molecule has 0 spiro atoms. The van der Waals surface area contributed by atoms with Crippen LogP contribution in [0.4, 0.5) is 0 Å². The fourth-order valence-corrected chi connectivity index (χ4v) is 1.63. The zero-order valence-corrected chi connectivity index (χ0v) is 9.37. The second-order valence-electron chi connectivity index (χ2n) is 3.85. The van der Waals surface area contributed by atoms with E-state index in [1.54, 1.807) is 6.20 Å². The van der Waals surface area contributed by atoms with E-state index in [0.717, 1.165) is 17.7 Å². The van der Waals surface area contributed by atoms with Crippen molar-refractivity contribution in [1.82, 2.24) is 14.8 Å². The quantitative estimate of drug-likeness (QED) is 0.848. The maximum atomic E-state index is 5.53. The highest BCUT2D eigenvalue weighted by Crippen LogP contribution is 2.17. The Morgan fingerprint density at radius 3 is 3.00 bits per heavy atom. The van der Waals surface area contributed by atoms with Crippen LogP contribution in [0.3, 0.4) is 0 Å². The summed E-state index contributed by atoms with van der Waals surface area (Å²) in [6.07, 6.45) is 6.51. The van der Waals surface area contributed by atoms with Gasteiger partial charge < -0.3 is 5.73 Å². The number of pyridine rings is 1. The van der Waals surface area contributed by atoms with Gasteiger partial charge in [-0.3, -0.25) is 9.67 Å². The molecule has 0 bridgehead atoms. The zero-order valence-electron chi connectivity index (χ0n) is 9.37. The van der Waals surface area contributed by atoms with Crippen LogP contribution in [0.25, 0.3) is 11.3 Å². The Morgan fingerprint density at radius 1 is 1.44 bits per heavy atom. The van der Waals surface area contributed by atoms with Crippen LogP contribution < -0.4 is 5.73 Å². The molecule has 2 rings (SSSR count). The van der Waals surface area contributed by atoms with E-state index in [9.17, 15) is 0 Å². The highest BCUT2D eigenvalue weighted by atomic mass is 15.3. The maximum Gasteiger partial charge on any atom is 0.0938 e. The molecule has 2 heterocycles. The molecule has 0 radical (unpaired) electrons. The van der Waals surface area contributed by atoms with Crippen molar-refractivity contribution in [3.63, 3.8) is 0 Å². The molecular formula is C12H16N4. The van der Waals surface area contributed by atoms with Crippen LogP contribution in [-0.2, 0) is 0 Å². The molecule has 0 aromatic carbocycles. The molecule has 0 saturated carbocycles. The first-order chi connectivity index (χ1) is 7.81. The van der Waals surface area contributed by atoms with Crippen molar-refractivity contribution in [2.75, 3.05) is 6.54 Å². The number of nitrogens with zero attached hydrogens (tertiary/aromatic N) is 3. The highest BCUT2D eigenvalue weighted by molar-refractivity contribution is 5.56. The number of aromatic nitrogens is 3. The van der Waals surface area contributed by atoms with Crippen LogP contribution >= 0.6 is 0 Å². The van der Waals surface area contributed by atoms with Crippen molar-refractivity contribution >= 4 is 0 Å². The van der Waals surface area contributed by atoms with E-state index in [1.807, 2.05) is 35.3 Å². The molecule has 4 heteroatoms. The minimum atomic E-state index is 0.343. The number of hydrogen-bond donors (Lipinski definition) is 1. The van der Waals surface area contributed by atoms with Crippen LogP contribution in [0.1, 0.15) is 19.4 Å². The lowest BCUT2D eigenvalue weighted by Gasteiger charge is -2.09. The molecule has 2 aromatic heterocycles. The number of nitrogens with two attached hydrogens (primary N) is 1. The van der Waals surface area contributed by atoms with E-state index in [4.69, 9.17) is 5.73 Å². The first-order valence-corrected chi connectivity index (χ1v) is 5.47. The summed E-state index contributed by atoms with van der Waals surface area (Å²) < 4.78 is 1.95. The Hall–Kier alpha value is -1.68. The number of rotatable bonds is 4. The van der Waals surface area contributed by atoms with Crippen molar-refractivity contribution in [2.24, 2.45) is 5.73 Å². The normalized spacial score (nSPS) is 12.6. The summed E-state index contributed by atoms with van der Waals surface area (Å²) in [4.78, 5) is 4.08. The molecule has 0 aliphatic rings. The zero-order chi connectivity index (χ0) is 11.4. The minimum absolute atomic E-state index is 0.343. The van der Waals surface area contributed by atoms with Gasteiger partial charge in [-0.1, -0.05) is 0 Å². The van der Waals surface area contributed by atoms with Crippen LogP contribution in [0.2, 0.25) is 0 Å². The predicted molar refractivity (Wildman–Crippen MR) is 63.8 cm³/mol. The largest absolute Gasteiger partial charge is 0.330 e. The smallest absolute Gasteiger partial charge is 0.0938 e. The third-order valence-electron chi connectivity index (χ3n) is 2.60. The Bertz CT molecular complexity index is 435. The molecule has 4 nitrogen and oxygen atoms in total. The Kier molecular flexibility index (Phi) is 3.31. The summed E-state index contributed by atoms with van der Waals surface area (Å²) in [5, 5.41) is 4.52. The van der Waals surface area contributed by atoms with Gasteiger partial charge in [0.2, 0.25) is 0 Å². The van der Waals surface area contributed by atoms with Crippen LogP contribution in [0.15, 0.2) is 36.8 Å². The van der Waals surface area contributed by atoms with Gasteiger partial charge in [-0.15, -0.1) is 0 Å². The van der Waals surface area contributed by atoms with Gasteiger partial charge in [0.1, 0.15) is 0 Å². The molecule has 0 saturated heterocycles. The van der Waals surface area contributed by atoms with Gasteiger partial charge in [-0.25, -0.2) is 0 Å². The van der Waals surface area contributed by atoms with Gasteiger partial charge in [0.15, 0.2) is 0 Å². The summed E-state index contributed by atoms with van der Waals surface area (Å²) in [5.74, 6) is 0. The molecule has 2 aromatic rings. The van der Waals surface area contributed by atoms with Crippen molar-refractivity contribution in [3.8, 4) is 11.3 Å². The average molecular weight is 216 g/mol. The summed E-state index contributed by atoms with van der Waals surface area (Å²) in [6.45, 7) is 2.80. The van der Waals surface area contributed by atoms with E-state index in [-0.39, 0.29) is 0 Å².